The molecule has 0 saturated carbocycles. The Kier molecular flexibility index (Phi) is 13.2. The molecular weight excluding hydrogens is 355 g/mol. The predicted octanol–water partition coefficient (Wildman–Crippen LogP) is 1.56. The monoisotopic (exact) mass is 382 g/mol. The summed E-state index contributed by atoms with van der Waals surface area (Å²) >= 11 is 0. The molecule has 0 aliphatic rings. The summed E-state index contributed by atoms with van der Waals surface area (Å²) in [5.74, 6) is 0.779. The number of guanidine groups is 1. The Labute approximate surface area is 134 Å². The predicted molar refractivity (Wildman–Crippen MR) is 92.1 cm³/mol. The van der Waals surface area contributed by atoms with Crippen LogP contribution in [0.15, 0.2) is 17.6 Å². The number of amides is 1. The number of nitrogens with one attached hydrogen (secondary N) is 1. The van der Waals surface area contributed by atoms with Gasteiger partial charge in [0, 0.05) is 34.2 Å². The summed E-state index contributed by atoms with van der Waals surface area (Å²) < 4.78 is 0. The van der Waals surface area contributed by atoms with Crippen molar-refractivity contribution in [3.63, 3.8) is 0 Å². The van der Waals surface area contributed by atoms with E-state index in [0.717, 1.165) is 31.9 Å². The van der Waals surface area contributed by atoms with Gasteiger partial charge in [0.05, 0.1) is 0 Å². The lowest BCUT2D eigenvalue weighted by atomic mass is 10.3. The molecule has 0 bridgehead atoms. The Hall–Kier alpha value is -0.790. The SMILES string of the molecule is C=CCCCN(C)C(=NCC(=O)N(C)C)NCC.I. The van der Waals surface area contributed by atoms with Crippen molar-refractivity contribution in [1.82, 2.24) is 15.1 Å². The molecule has 0 aromatic heterocycles. The zero-order valence-electron chi connectivity index (χ0n) is 12.5. The topological polar surface area (TPSA) is 47.9 Å². The van der Waals surface area contributed by atoms with Crippen molar-refractivity contribution in [3.05, 3.63) is 12.7 Å². The van der Waals surface area contributed by atoms with Crippen LogP contribution in [0.3, 0.4) is 0 Å². The molecule has 1 N–H and O–H groups in total. The Morgan fingerprint density at radius 3 is 2.47 bits per heavy atom. The number of likely N-dealkylation sites (N-methyl/N-ethyl adjacent to an activating group) is 1. The van der Waals surface area contributed by atoms with Gasteiger partial charge in [-0.05, 0) is 19.8 Å². The average Bonchev–Trinajstić information content (AvgIpc) is 2.33. The lowest BCUT2D eigenvalue weighted by Gasteiger charge is -2.22. The van der Waals surface area contributed by atoms with E-state index in [1.807, 2.05) is 24.9 Å². The number of unbranched alkanes of at least 4 members (excludes halogenated alkanes) is 1. The van der Waals surface area contributed by atoms with Crippen molar-refractivity contribution < 1.29 is 4.79 Å². The van der Waals surface area contributed by atoms with Crippen molar-refractivity contribution in [2.45, 2.75) is 19.8 Å². The molecule has 0 unspecified atom stereocenters. The molecule has 0 aliphatic heterocycles. The Balaban J connectivity index is 0. The fourth-order valence-electron chi connectivity index (χ4n) is 1.33. The highest BCUT2D eigenvalue weighted by Crippen LogP contribution is 1.95. The molecule has 0 aromatic carbocycles. The Morgan fingerprint density at radius 2 is 2.00 bits per heavy atom. The molecule has 0 aliphatic carbocycles. The maximum atomic E-state index is 11.5. The van der Waals surface area contributed by atoms with Crippen LogP contribution in [0, 0.1) is 0 Å². The number of hydrogen-bond donors (Lipinski definition) is 1. The number of carbonyl (C=O) groups excluding carboxylic acids is 1. The zero-order chi connectivity index (χ0) is 14.0. The van der Waals surface area contributed by atoms with Gasteiger partial charge in [0.2, 0.25) is 5.91 Å². The van der Waals surface area contributed by atoms with Crippen LogP contribution in [-0.4, -0.2) is 62.4 Å². The smallest absolute Gasteiger partial charge is 0.243 e. The minimum Gasteiger partial charge on any atom is -0.357 e. The van der Waals surface area contributed by atoms with E-state index in [4.69, 9.17) is 0 Å². The first kappa shape index (κ1) is 20.5. The molecule has 0 radical (unpaired) electrons. The van der Waals surface area contributed by atoms with Crippen molar-refractivity contribution in [1.29, 1.82) is 0 Å². The van der Waals surface area contributed by atoms with E-state index < -0.39 is 0 Å². The van der Waals surface area contributed by atoms with Gasteiger partial charge in [-0.1, -0.05) is 6.08 Å². The van der Waals surface area contributed by atoms with Crippen molar-refractivity contribution in [2.24, 2.45) is 4.99 Å². The second kappa shape index (κ2) is 12.3. The highest BCUT2D eigenvalue weighted by molar-refractivity contribution is 14.0. The first-order valence-electron chi connectivity index (χ1n) is 6.33. The third-order valence-corrected chi connectivity index (χ3v) is 2.46. The number of nitrogens with zero attached hydrogens (tertiary/aromatic N) is 3. The van der Waals surface area contributed by atoms with E-state index >= 15 is 0 Å². The minimum atomic E-state index is 0. The number of halogens is 1. The zero-order valence-corrected chi connectivity index (χ0v) is 14.8. The van der Waals surface area contributed by atoms with E-state index in [2.05, 4.69) is 16.9 Å². The van der Waals surface area contributed by atoms with E-state index in [0.29, 0.717) is 0 Å². The maximum Gasteiger partial charge on any atom is 0.243 e. The van der Waals surface area contributed by atoms with Crippen LogP contribution >= 0.6 is 24.0 Å². The lowest BCUT2D eigenvalue weighted by Crippen LogP contribution is -2.40. The maximum absolute atomic E-state index is 11.5. The average molecular weight is 382 g/mol. The van der Waals surface area contributed by atoms with E-state index in [9.17, 15) is 4.79 Å². The first-order chi connectivity index (χ1) is 8.52. The van der Waals surface area contributed by atoms with Crippen molar-refractivity contribution in [3.8, 4) is 0 Å². The van der Waals surface area contributed by atoms with Crippen molar-refractivity contribution >= 4 is 35.8 Å². The van der Waals surface area contributed by atoms with Crippen LogP contribution in [0.2, 0.25) is 0 Å². The Bertz CT molecular complexity index is 292. The van der Waals surface area contributed by atoms with Crippen LogP contribution < -0.4 is 5.32 Å². The lowest BCUT2D eigenvalue weighted by molar-refractivity contribution is -0.127. The number of aliphatic imine (C=N–C) groups is 1. The molecule has 0 rings (SSSR count). The number of hydrogen-bond acceptors (Lipinski definition) is 2. The van der Waals surface area contributed by atoms with Crippen LogP contribution in [0.25, 0.3) is 0 Å². The minimum absolute atomic E-state index is 0. The second-order valence-corrected chi connectivity index (χ2v) is 4.31. The number of allylic oxidation sites excluding steroid dienone is 1. The third kappa shape index (κ3) is 9.75. The van der Waals surface area contributed by atoms with Gasteiger partial charge in [-0.2, -0.15) is 0 Å². The molecule has 19 heavy (non-hydrogen) atoms. The van der Waals surface area contributed by atoms with Crippen LogP contribution in [-0.2, 0) is 4.79 Å². The van der Waals surface area contributed by atoms with Crippen LogP contribution in [0.1, 0.15) is 19.8 Å². The normalized spacial score (nSPS) is 10.4. The van der Waals surface area contributed by atoms with E-state index in [1.54, 1.807) is 19.0 Å². The molecule has 5 nitrogen and oxygen atoms in total. The third-order valence-electron chi connectivity index (χ3n) is 2.46. The van der Waals surface area contributed by atoms with Gasteiger partial charge in [-0.3, -0.25) is 4.79 Å². The fraction of sp³-hybridized carbons (Fsp3) is 0.692. The van der Waals surface area contributed by atoms with Gasteiger partial charge < -0.3 is 15.1 Å². The van der Waals surface area contributed by atoms with E-state index in [-0.39, 0.29) is 36.4 Å². The quantitative estimate of drug-likeness (QED) is 0.239. The largest absolute Gasteiger partial charge is 0.357 e. The molecular formula is C13H27IN4O. The molecule has 0 spiro atoms. The summed E-state index contributed by atoms with van der Waals surface area (Å²) in [5.41, 5.74) is 0. The standard InChI is InChI=1S/C13H26N4O.HI/c1-6-8-9-10-17(5)13(14-7-2)15-11-12(18)16(3)4;/h6H,1,7-11H2,2-5H3,(H,14,15);1H. The molecule has 0 atom stereocenters. The highest BCUT2D eigenvalue weighted by atomic mass is 127. The van der Waals surface area contributed by atoms with Gasteiger partial charge in [-0.15, -0.1) is 30.6 Å². The van der Waals surface area contributed by atoms with Crippen molar-refractivity contribution in [2.75, 3.05) is 40.8 Å². The van der Waals surface area contributed by atoms with Gasteiger partial charge >= 0.3 is 0 Å². The second-order valence-electron chi connectivity index (χ2n) is 4.31. The molecule has 6 heteroatoms. The van der Waals surface area contributed by atoms with Gasteiger partial charge in [-0.25, -0.2) is 4.99 Å². The van der Waals surface area contributed by atoms with Gasteiger partial charge in [0.25, 0.3) is 0 Å². The highest BCUT2D eigenvalue weighted by Gasteiger charge is 2.07. The van der Waals surface area contributed by atoms with Gasteiger partial charge in [0.15, 0.2) is 5.96 Å². The molecule has 0 aromatic rings. The summed E-state index contributed by atoms with van der Waals surface area (Å²) in [4.78, 5) is 19.4. The van der Waals surface area contributed by atoms with E-state index in [1.165, 1.54) is 0 Å². The molecule has 0 fully saturated rings. The van der Waals surface area contributed by atoms with Crippen LogP contribution in [0.5, 0.6) is 0 Å². The number of rotatable bonds is 7. The summed E-state index contributed by atoms with van der Waals surface area (Å²) in [6, 6.07) is 0. The number of carbonyl (C=O) groups is 1. The Morgan fingerprint density at radius 1 is 1.37 bits per heavy atom. The molecule has 1 amide bonds. The van der Waals surface area contributed by atoms with Gasteiger partial charge in [0.1, 0.15) is 6.54 Å². The summed E-state index contributed by atoms with van der Waals surface area (Å²) in [7, 11) is 5.45. The fourth-order valence-corrected chi connectivity index (χ4v) is 1.33. The molecule has 0 heterocycles. The first-order valence-corrected chi connectivity index (χ1v) is 6.33. The van der Waals surface area contributed by atoms with Crippen LogP contribution in [0.4, 0.5) is 0 Å². The summed E-state index contributed by atoms with van der Waals surface area (Å²) in [6.07, 6.45) is 3.93. The molecule has 112 valence electrons. The summed E-state index contributed by atoms with van der Waals surface area (Å²) in [6.45, 7) is 7.59. The summed E-state index contributed by atoms with van der Waals surface area (Å²) in [5, 5.41) is 3.18. The molecule has 0 saturated heterocycles.